The highest BCUT2D eigenvalue weighted by atomic mass is 16.4. The van der Waals surface area contributed by atoms with E-state index in [9.17, 15) is 9.59 Å². The summed E-state index contributed by atoms with van der Waals surface area (Å²) in [5.41, 5.74) is 0. The molecule has 0 radical (unpaired) electrons. The van der Waals surface area contributed by atoms with E-state index in [2.05, 4.69) is 20.5 Å². The summed E-state index contributed by atoms with van der Waals surface area (Å²) in [6.45, 7) is 3.04. The minimum Gasteiger partial charge on any atom is -0.481 e. The first-order valence-corrected chi connectivity index (χ1v) is 6.22. The van der Waals surface area contributed by atoms with Crippen LogP contribution >= 0.6 is 0 Å². The first-order valence-electron chi connectivity index (χ1n) is 6.22. The molecule has 3 N–H and O–H groups in total. The number of amides is 2. The largest absolute Gasteiger partial charge is 0.481 e. The van der Waals surface area contributed by atoms with Gasteiger partial charge in [-0.3, -0.25) is 9.89 Å². The van der Waals surface area contributed by atoms with Crippen LogP contribution < -0.4 is 5.32 Å². The number of nitrogens with zero attached hydrogens (tertiary/aromatic N) is 3. The highest BCUT2D eigenvalue weighted by Crippen LogP contribution is 1.95. The molecule has 0 aliphatic heterocycles. The summed E-state index contributed by atoms with van der Waals surface area (Å²) in [4.78, 5) is 27.6. The van der Waals surface area contributed by atoms with Crippen LogP contribution in [-0.2, 0) is 11.2 Å². The lowest BCUT2D eigenvalue weighted by Gasteiger charge is -2.20. The van der Waals surface area contributed by atoms with E-state index in [0.29, 0.717) is 19.5 Å². The van der Waals surface area contributed by atoms with Crippen molar-refractivity contribution in [1.29, 1.82) is 0 Å². The zero-order valence-electron chi connectivity index (χ0n) is 10.9. The fourth-order valence-electron chi connectivity index (χ4n) is 1.55. The second-order valence-electron chi connectivity index (χ2n) is 3.99. The van der Waals surface area contributed by atoms with Crippen molar-refractivity contribution in [2.75, 3.05) is 19.6 Å². The molecule has 0 saturated carbocycles. The van der Waals surface area contributed by atoms with Gasteiger partial charge in [-0.05, 0) is 13.3 Å². The van der Waals surface area contributed by atoms with Crippen molar-refractivity contribution in [1.82, 2.24) is 25.4 Å². The molecule has 1 rings (SSSR count). The highest BCUT2D eigenvalue weighted by molar-refractivity contribution is 5.75. The molecule has 8 heteroatoms. The molecule has 19 heavy (non-hydrogen) atoms. The third kappa shape index (κ3) is 5.84. The van der Waals surface area contributed by atoms with Gasteiger partial charge < -0.3 is 15.3 Å². The van der Waals surface area contributed by atoms with Crippen molar-refractivity contribution in [2.24, 2.45) is 0 Å². The number of carbonyl (C=O) groups is 2. The van der Waals surface area contributed by atoms with Crippen molar-refractivity contribution in [3.05, 3.63) is 12.2 Å². The van der Waals surface area contributed by atoms with Gasteiger partial charge in [-0.2, -0.15) is 5.10 Å². The van der Waals surface area contributed by atoms with Gasteiger partial charge in [0.25, 0.3) is 0 Å². The lowest BCUT2D eigenvalue weighted by atomic mass is 10.3. The molecule has 1 aromatic heterocycles. The average Bonchev–Trinajstić information content (AvgIpc) is 2.88. The van der Waals surface area contributed by atoms with Gasteiger partial charge in [0.05, 0.1) is 6.42 Å². The summed E-state index contributed by atoms with van der Waals surface area (Å²) in [5, 5.41) is 17.8. The highest BCUT2D eigenvalue weighted by Gasteiger charge is 2.11. The maximum absolute atomic E-state index is 11.7. The van der Waals surface area contributed by atoms with E-state index in [1.54, 1.807) is 0 Å². The molecule has 1 aromatic rings. The maximum Gasteiger partial charge on any atom is 0.317 e. The standard InChI is InChI=1S/C11H19N5O3/c1-2-16(7-5-10(17)18)11(19)12-6-3-4-9-13-8-14-15-9/h8H,2-7H2,1H3,(H,12,19)(H,17,18)(H,13,14,15). The average molecular weight is 269 g/mol. The number of carbonyl (C=O) groups excluding carboxylic acids is 1. The van der Waals surface area contributed by atoms with Crippen LogP contribution in [0, 0.1) is 0 Å². The van der Waals surface area contributed by atoms with E-state index in [1.807, 2.05) is 6.92 Å². The fourth-order valence-corrected chi connectivity index (χ4v) is 1.55. The van der Waals surface area contributed by atoms with Gasteiger partial charge in [0.2, 0.25) is 0 Å². The second-order valence-corrected chi connectivity index (χ2v) is 3.99. The Morgan fingerprint density at radius 3 is 2.89 bits per heavy atom. The molecule has 0 unspecified atom stereocenters. The minimum atomic E-state index is -0.906. The van der Waals surface area contributed by atoms with Crippen LogP contribution in [0.5, 0.6) is 0 Å². The first-order chi connectivity index (χ1) is 9.13. The van der Waals surface area contributed by atoms with E-state index in [4.69, 9.17) is 5.11 Å². The monoisotopic (exact) mass is 269 g/mol. The first kappa shape index (κ1) is 14.9. The Morgan fingerprint density at radius 2 is 2.32 bits per heavy atom. The van der Waals surface area contributed by atoms with Crippen LogP contribution in [0.4, 0.5) is 4.79 Å². The van der Waals surface area contributed by atoms with E-state index in [1.165, 1.54) is 11.2 Å². The lowest BCUT2D eigenvalue weighted by Crippen LogP contribution is -2.41. The number of H-pyrrole nitrogens is 1. The van der Waals surface area contributed by atoms with Crippen molar-refractivity contribution in [3.63, 3.8) is 0 Å². The van der Waals surface area contributed by atoms with Crippen molar-refractivity contribution < 1.29 is 14.7 Å². The van der Waals surface area contributed by atoms with Crippen molar-refractivity contribution in [2.45, 2.75) is 26.2 Å². The SMILES string of the molecule is CCN(CCC(=O)O)C(=O)NCCCc1ncn[nH]1. The van der Waals surface area contributed by atoms with Crippen LogP contribution in [0.2, 0.25) is 0 Å². The van der Waals surface area contributed by atoms with E-state index in [0.717, 1.165) is 12.2 Å². The number of rotatable bonds is 8. The number of aryl methyl sites for hydroxylation is 1. The van der Waals surface area contributed by atoms with Gasteiger partial charge >= 0.3 is 12.0 Å². The van der Waals surface area contributed by atoms with Gasteiger partial charge in [-0.1, -0.05) is 0 Å². The lowest BCUT2D eigenvalue weighted by molar-refractivity contribution is -0.137. The number of aliphatic carboxylic acids is 1. The van der Waals surface area contributed by atoms with Crippen LogP contribution in [0.15, 0.2) is 6.33 Å². The van der Waals surface area contributed by atoms with E-state index < -0.39 is 5.97 Å². The normalized spacial score (nSPS) is 10.2. The summed E-state index contributed by atoms with van der Waals surface area (Å²) < 4.78 is 0. The third-order valence-electron chi connectivity index (χ3n) is 2.60. The molecule has 0 fully saturated rings. The number of nitrogens with one attached hydrogen (secondary N) is 2. The molecule has 0 bridgehead atoms. The topological polar surface area (TPSA) is 111 Å². The Balaban J connectivity index is 2.19. The quantitative estimate of drug-likeness (QED) is 0.585. The molecule has 2 amide bonds. The van der Waals surface area contributed by atoms with Gasteiger partial charge in [0.1, 0.15) is 12.2 Å². The van der Waals surface area contributed by atoms with Crippen LogP contribution in [0.3, 0.4) is 0 Å². The molecule has 0 aliphatic carbocycles. The van der Waals surface area contributed by atoms with Gasteiger partial charge in [0, 0.05) is 26.1 Å². The van der Waals surface area contributed by atoms with Gasteiger partial charge in [0.15, 0.2) is 0 Å². The predicted molar refractivity (Wildman–Crippen MR) is 67.6 cm³/mol. The fraction of sp³-hybridized carbons (Fsp3) is 0.636. The predicted octanol–water partition coefficient (Wildman–Crippen LogP) is 0.243. The Morgan fingerprint density at radius 1 is 1.53 bits per heavy atom. The summed E-state index contributed by atoms with van der Waals surface area (Å²) >= 11 is 0. The number of aromatic amines is 1. The Hall–Kier alpha value is -2.12. The molecule has 0 atom stereocenters. The maximum atomic E-state index is 11.7. The van der Waals surface area contributed by atoms with Crippen LogP contribution in [-0.4, -0.2) is 56.8 Å². The summed E-state index contributed by atoms with van der Waals surface area (Å²) in [6.07, 6.45) is 2.86. The number of urea groups is 1. The molecule has 0 aliphatic rings. The minimum absolute atomic E-state index is 0.0423. The molecular formula is C11H19N5O3. The van der Waals surface area contributed by atoms with E-state index >= 15 is 0 Å². The van der Waals surface area contributed by atoms with Crippen molar-refractivity contribution >= 4 is 12.0 Å². The summed E-state index contributed by atoms with van der Waals surface area (Å²) in [7, 11) is 0. The molecule has 0 aromatic carbocycles. The number of carboxylic acid groups (broad SMARTS) is 1. The van der Waals surface area contributed by atoms with Crippen LogP contribution in [0.1, 0.15) is 25.6 Å². The Bertz CT molecular complexity index is 393. The second kappa shape index (κ2) is 8.06. The zero-order chi connectivity index (χ0) is 14.1. The van der Waals surface area contributed by atoms with E-state index in [-0.39, 0.29) is 19.0 Å². The molecule has 106 valence electrons. The number of carboxylic acids is 1. The zero-order valence-corrected chi connectivity index (χ0v) is 10.9. The molecular weight excluding hydrogens is 250 g/mol. The number of hydrogen-bond donors (Lipinski definition) is 3. The van der Waals surface area contributed by atoms with Crippen LogP contribution in [0.25, 0.3) is 0 Å². The number of hydrogen-bond acceptors (Lipinski definition) is 4. The summed E-state index contributed by atoms with van der Waals surface area (Å²) in [5.74, 6) is -0.121. The van der Waals surface area contributed by atoms with Crippen molar-refractivity contribution in [3.8, 4) is 0 Å². The molecule has 1 heterocycles. The molecule has 8 nitrogen and oxygen atoms in total. The van der Waals surface area contributed by atoms with Gasteiger partial charge in [-0.25, -0.2) is 9.78 Å². The number of aromatic nitrogens is 3. The summed E-state index contributed by atoms with van der Waals surface area (Å²) in [6, 6.07) is -0.235. The van der Waals surface area contributed by atoms with Gasteiger partial charge in [-0.15, -0.1) is 0 Å². The molecule has 0 saturated heterocycles. The molecule has 0 spiro atoms. The third-order valence-corrected chi connectivity index (χ3v) is 2.60. The Kier molecular flexibility index (Phi) is 6.34. The Labute approximate surface area is 111 Å². The smallest absolute Gasteiger partial charge is 0.317 e.